The summed E-state index contributed by atoms with van der Waals surface area (Å²) in [5, 5.41) is 13.3. The van der Waals surface area contributed by atoms with Crippen LogP contribution in [0.4, 0.5) is 8.78 Å². The predicted octanol–water partition coefficient (Wildman–Crippen LogP) is 3.38. The number of rotatable bonds is 6. The van der Waals surface area contributed by atoms with E-state index in [-0.39, 0.29) is 24.1 Å². The lowest BCUT2D eigenvalue weighted by Gasteiger charge is -2.24. The number of hydrogen-bond donors (Lipinski definition) is 2. The number of pyridine rings is 1. The van der Waals surface area contributed by atoms with Crippen LogP contribution in [0.2, 0.25) is 0 Å². The third-order valence-corrected chi connectivity index (χ3v) is 3.53. The molecule has 2 atom stereocenters. The summed E-state index contributed by atoms with van der Waals surface area (Å²) < 4.78 is 26.6. The average Bonchev–Trinajstić information content (AvgIpc) is 2.49. The Bertz CT molecular complexity index is 602. The fourth-order valence-corrected chi connectivity index (χ4v) is 2.35. The second-order valence-corrected chi connectivity index (χ2v) is 5.57. The first kappa shape index (κ1) is 16.5. The van der Waals surface area contributed by atoms with E-state index in [2.05, 4.69) is 10.3 Å². The Hall–Kier alpha value is -1.85. The van der Waals surface area contributed by atoms with Crippen molar-refractivity contribution in [2.75, 3.05) is 6.54 Å². The van der Waals surface area contributed by atoms with E-state index in [9.17, 15) is 13.9 Å². The van der Waals surface area contributed by atoms with Gasteiger partial charge in [-0.1, -0.05) is 32.0 Å². The molecule has 0 aliphatic rings. The van der Waals surface area contributed by atoms with E-state index in [1.54, 1.807) is 24.3 Å². The Balaban J connectivity index is 2.06. The van der Waals surface area contributed by atoms with Gasteiger partial charge in [-0.3, -0.25) is 4.98 Å². The van der Waals surface area contributed by atoms with Crippen LogP contribution in [0.15, 0.2) is 42.6 Å². The van der Waals surface area contributed by atoms with Crippen LogP contribution in [-0.4, -0.2) is 16.6 Å². The lowest BCUT2D eigenvalue weighted by atomic mass is 9.99. The Morgan fingerprint density at radius 2 is 1.86 bits per heavy atom. The second-order valence-electron chi connectivity index (χ2n) is 5.57. The number of aliphatic hydroxyl groups is 1. The minimum atomic E-state index is -0.956. The van der Waals surface area contributed by atoms with E-state index >= 15 is 0 Å². The molecule has 2 aromatic rings. The molecule has 0 aliphatic carbocycles. The smallest absolute Gasteiger partial charge is 0.141 e. The highest BCUT2D eigenvalue weighted by atomic mass is 19.1. The number of aliphatic hydroxyl groups excluding tert-OH is 1. The first-order valence-corrected chi connectivity index (χ1v) is 7.26. The Morgan fingerprint density at radius 3 is 2.45 bits per heavy atom. The van der Waals surface area contributed by atoms with Crippen molar-refractivity contribution in [1.82, 2.24) is 10.3 Å². The molecule has 2 unspecified atom stereocenters. The van der Waals surface area contributed by atoms with Crippen LogP contribution in [-0.2, 0) is 0 Å². The maximum Gasteiger partial charge on any atom is 0.141 e. The summed E-state index contributed by atoms with van der Waals surface area (Å²) in [6.45, 7) is 4.18. The highest BCUT2D eigenvalue weighted by Crippen LogP contribution is 2.22. The van der Waals surface area contributed by atoms with Gasteiger partial charge in [0.25, 0.3) is 0 Å². The van der Waals surface area contributed by atoms with Crippen molar-refractivity contribution in [1.29, 1.82) is 0 Å². The molecule has 0 fully saturated rings. The first-order chi connectivity index (χ1) is 10.5. The molecule has 1 aromatic carbocycles. The molecule has 2 N–H and O–H groups in total. The third-order valence-electron chi connectivity index (χ3n) is 3.53. The summed E-state index contributed by atoms with van der Waals surface area (Å²) in [5.74, 6) is -0.638. The number of benzene rings is 1. The number of aromatic nitrogens is 1. The van der Waals surface area contributed by atoms with Gasteiger partial charge in [0.2, 0.25) is 0 Å². The normalized spacial score (nSPS) is 14.1. The van der Waals surface area contributed by atoms with Gasteiger partial charge in [-0.05, 0) is 24.1 Å². The highest BCUT2D eigenvalue weighted by molar-refractivity contribution is 5.20. The summed E-state index contributed by atoms with van der Waals surface area (Å²) in [6.07, 6.45) is 0.211. The van der Waals surface area contributed by atoms with Gasteiger partial charge in [0, 0.05) is 12.1 Å². The van der Waals surface area contributed by atoms with Gasteiger partial charge < -0.3 is 10.4 Å². The lowest BCUT2D eigenvalue weighted by molar-refractivity contribution is 0.161. The molecule has 118 valence electrons. The molecule has 0 bridgehead atoms. The van der Waals surface area contributed by atoms with Crippen molar-refractivity contribution in [3.63, 3.8) is 0 Å². The molecule has 0 radical (unpaired) electrons. The predicted molar refractivity (Wildman–Crippen MR) is 81.1 cm³/mol. The van der Waals surface area contributed by atoms with E-state index < -0.39 is 17.7 Å². The molecule has 0 saturated heterocycles. The zero-order chi connectivity index (χ0) is 16.1. The molecule has 0 saturated carbocycles. The molecule has 0 spiro atoms. The Kier molecular flexibility index (Phi) is 5.57. The van der Waals surface area contributed by atoms with Crippen molar-refractivity contribution in [2.24, 2.45) is 5.92 Å². The minimum Gasteiger partial charge on any atom is -0.387 e. The summed E-state index contributed by atoms with van der Waals surface area (Å²) in [5.41, 5.74) is 0.946. The SMILES string of the molecule is CC(C)C(NCC(O)c1ccccc1F)c1ccc(F)cn1. The summed E-state index contributed by atoms with van der Waals surface area (Å²) in [4.78, 5) is 4.07. The van der Waals surface area contributed by atoms with Gasteiger partial charge in [0.15, 0.2) is 0 Å². The van der Waals surface area contributed by atoms with Crippen LogP contribution in [0, 0.1) is 17.6 Å². The third kappa shape index (κ3) is 4.08. The fraction of sp³-hybridized carbons (Fsp3) is 0.353. The average molecular weight is 306 g/mol. The molecular formula is C17H20F2N2O. The van der Waals surface area contributed by atoms with Crippen molar-refractivity contribution < 1.29 is 13.9 Å². The topological polar surface area (TPSA) is 45.1 Å². The van der Waals surface area contributed by atoms with Gasteiger partial charge >= 0.3 is 0 Å². The molecular weight excluding hydrogens is 286 g/mol. The molecule has 3 nitrogen and oxygen atoms in total. The van der Waals surface area contributed by atoms with Crippen molar-refractivity contribution in [3.8, 4) is 0 Å². The number of nitrogens with one attached hydrogen (secondary N) is 1. The standard InChI is InChI=1S/C17H20F2N2O/c1-11(2)17(15-8-7-12(18)9-20-15)21-10-16(22)13-5-3-4-6-14(13)19/h3-9,11,16-17,21-22H,10H2,1-2H3. The number of hydrogen-bond acceptors (Lipinski definition) is 3. The van der Waals surface area contributed by atoms with Crippen LogP contribution in [0.25, 0.3) is 0 Å². The molecule has 5 heteroatoms. The van der Waals surface area contributed by atoms with Gasteiger partial charge in [-0.15, -0.1) is 0 Å². The Morgan fingerprint density at radius 1 is 1.14 bits per heavy atom. The quantitative estimate of drug-likeness (QED) is 0.860. The van der Waals surface area contributed by atoms with Gasteiger partial charge in [-0.25, -0.2) is 8.78 Å². The van der Waals surface area contributed by atoms with Crippen LogP contribution in [0.3, 0.4) is 0 Å². The monoisotopic (exact) mass is 306 g/mol. The van der Waals surface area contributed by atoms with E-state index in [1.165, 1.54) is 18.3 Å². The maximum atomic E-state index is 13.6. The molecule has 22 heavy (non-hydrogen) atoms. The van der Waals surface area contributed by atoms with E-state index in [0.29, 0.717) is 5.69 Å². The van der Waals surface area contributed by atoms with Crippen molar-refractivity contribution in [2.45, 2.75) is 26.0 Å². The number of halogens is 2. The molecule has 2 rings (SSSR count). The molecule has 0 aliphatic heterocycles. The fourth-order valence-electron chi connectivity index (χ4n) is 2.35. The molecule has 1 heterocycles. The molecule has 0 amide bonds. The maximum absolute atomic E-state index is 13.6. The summed E-state index contributed by atoms with van der Waals surface area (Å²) in [6, 6.07) is 8.96. The van der Waals surface area contributed by atoms with Crippen molar-refractivity contribution >= 4 is 0 Å². The van der Waals surface area contributed by atoms with E-state index in [1.807, 2.05) is 13.8 Å². The van der Waals surface area contributed by atoms with Crippen LogP contribution in [0.5, 0.6) is 0 Å². The van der Waals surface area contributed by atoms with Crippen molar-refractivity contribution in [3.05, 3.63) is 65.5 Å². The lowest BCUT2D eigenvalue weighted by Crippen LogP contribution is -2.30. The largest absolute Gasteiger partial charge is 0.387 e. The number of nitrogens with zero attached hydrogens (tertiary/aromatic N) is 1. The molecule has 1 aromatic heterocycles. The van der Waals surface area contributed by atoms with Gasteiger partial charge in [0.05, 0.1) is 24.0 Å². The Labute approximate surface area is 129 Å². The van der Waals surface area contributed by atoms with Gasteiger partial charge in [0.1, 0.15) is 11.6 Å². The van der Waals surface area contributed by atoms with Gasteiger partial charge in [-0.2, -0.15) is 0 Å². The summed E-state index contributed by atoms with van der Waals surface area (Å²) in [7, 11) is 0. The van der Waals surface area contributed by atoms with E-state index in [4.69, 9.17) is 0 Å². The van der Waals surface area contributed by atoms with Crippen LogP contribution in [0.1, 0.15) is 37.3 Å². The highest BCUT2D eigenvalue weighted by Gasteiger charge is 2.19. The zero-order valence-corrected chi connectivity index (χ0v) is 12.6. The van der Waals surface area contributed by atoms with Crippen LogP contribution < -0.4 is 5.32 Å². The zero-order valence-electron chi connectivity index (χ0n) is 12.6. The summed E-state index contributed by atoms with van der Waals surface area (Å²) >= 11 is 0. The second kappa shape index (κ2) is 7.42. The minimum absolute atomic E-state index is 0.151. The van der Waals surface area contributed by atoms with Crippen LogP contribution >= 0.6 is 0 Å². The first-order valence-electron chi connectivity index (χ1n) is 7.26. The van der Waals surface area contributed by atoms with E-state index in [0.717, 1.165) is 0 Å².